The second kappa shape index (κ2) is 15.2. The van der Waals surface area contributed by atoms with Crippen molar-refractivity contribution in [2.24, 2.45) is 5.92 Å². The second-order valence-electron chi connectivity index (χ2n) is 12.2. The number of likely N-dealkylation sites (tertiary alicyclic amines) is 1. The zero-order chi connectivity index (χ0) is 29.3. The van der Waals surface area contributed by atoms with Crippen LogP contribution in [0.25, 0.3) is 11.3 Å². The molecule has 2 N–H and O–H groups in total. The number of aliphatic carboxylic acids is 1. The van der Waals surface area contributed by atoms with Gasteiger partial charge in [0.25, 0.3) is 0 Å². The van der Waals surface area contributed by atoms with Crippen LogP contribution in [0, 0.1) is 5.92 Å². The number of piperidine rings is 1. The molecule has 0 spiro atoms. The number of carbonyl (C=O) groups excluding carboxylic acids is 1. The van der Waals surface area contributed by atoms with E-state index < -0.39 is 5.97 Å². The molecule has 1 aliphatic carbocycles. The Labute approximate surface area is 254 Å². The van der Waals surface area contributed by atoms with Gasteiger partial charge in [-0.3, -0.25) is 15.0 Å². The second-order valence-corrected chi connectivity index (χ2v) is 13.1. The third-order valence-corrected chi connectivity index (χ3v) is 9.95. The molecule has 42 heavy (non-hydrogen) atoms. The van der Waals surface area contributed by atoms with Gasteiger partial charge in [0, 0.05) is 56.6 Å². The number of benzene rings is 1. The highest BCUT2D eigenvalue weighted by Crippen LogP contribution is 2.38. The number of ether oxygens (including phenoxy) is 1. The van der Waals surface area contributed by atoms with Crippen molar-refractivity contribution >= 4 is 28.5 Å². The number of carbonyl (C=O) groups is 2. The number of hydrogen-bond acceptors (Lipinski definition) is 7. The summed E-state index contributed by atoms with van der Waals surface area (Å²) in [5.74, 6) is 1.35. The number of nitrogens with zero attached hydrogens (tertiary/aromatic N) is 4. The fourth-order valence-electron chi connectivity index (χ4n) is 6.85. The minimum absolute atomic E-state index is 0.0799. The summed E-state index contributed by atoms with van der Waals surface area (Å²) in [6.07, 6.45) is 10.8. The Kier molecular flexibility index (Phi) is 11.1. The number of nitrogens with one attached hydrogen (secondary N) is 1. The van der Waals surface area contributed by atoms with E-state index in [1.165, 1.54) is 61.8 Å². The molecule has 3 aliphatic rings. The van der Waals surface area contributed by atoms with Gasteiger partial charge in [0.2, 0.25) is 0 Å². The van der Waals surface area contributed by atoms with Crippen molar-refractivity contribution in [1.29, 1.82) is 0 Å². The van der Waals surface area contributed by atoms with E-state index in [1.807, 2.05) is 10.3 Å². The first-order chi connectivity index (χ1) is 20.5. The summed E-state index contributed by atoms with van der Waals surface area (Å²) in [5.41, 5.74) is 3.20. The van der Waals surface area contributed by atoms with Crippen LogP contribution < -0.4 is 10.1 Å². The lowest BCUT2D eigenvalue weighted by Crippen LogP contribution is -2.52. The summed E-state index contributed by atoms with van der Waals surface area (Å²) in [4.78, 5) is 35.5. The maximum absolute atomic E-state index is 13.1. The number of rotatable bonds is 11. The van der Waals surface area contributed by atoms with E-state index in [-0.39, 0.29) is 12.5 Å². The fraction of sp³-hybridized carbons (Fsp3) is 0.656. The molecule has 0 bridgehead atoms. The minimum atomic E-state index is -0.702. The quantitative estimate of drug-likeness (QED) is 0.308. The molecule has 0 radical (unpaired) electrons. The number of hydrogen-bond donors (Lipinski definition) is 2. The van der Waals surface area contributed by atoms with E-state index in [0.29, 0.717) is 30.1 Å². The summed E-state index contributed by atoms with van der Waals surface area (Å²) < 4.78 is 5.67. The summed E-state index contributed by atoms with van der Waals surface area (Å²) in [6.45, 7) is 7.48. The number of urea groups is 1. The van der Waals surface area contributed by atoms with Crippen molar-refractivity contribution in [2.45, 2.75) is 70.1 Å². The van der Waals surface area contributed by atoms with Gasteiger partial charge in [0.1, 0.15) is 5.75 Å². The maximum atomic E-state index is 13.1. The highest BCUT2D eigenvalue weighted by Gasteiger charge is 2.26. The first-order valence-electron chi connectivity index (χ1n) is 15.8. The predicted octanol–water partition coefficient (Wildman–Crippen LogP) is 5.98. The number of unbranched alkanes of at least 4 members (excludes halogenated alkanes) is 1. The van der Waals surface area contributed by atoms with Gasteiger partial charge < -0.3 is 19.6 Å². The van der Waals surface area contributed by atoms with Crippen molar-refractivity contribution in [1.82, 2.24) is 19.7 Å². The van der Waals surface area contributed by atoms with Crippen molar-refractivity contribution in [2.75, 3.05) is 64.8 Å². The lowest BCUT2D eigenvalue weighted by molar-refractivity contribution is -0.137. The highest BCUT2D eigenvalue weighted by atomic mass is 32.1. The molecule has 3 heterocycles. The Bertz CT molecular complexity index is 1180. The van der Waals surface area contributed by atoms with Gasteiger partial charge in [-0.05, 0) is 81.1 Å². The topological polar surface area (TPSA) is 98.2 Å². The summed E-state index contributed by atoms with van der Waals surface area (Å²) in [7, 11) is 1.70. The average Bonchev–Trinajstić information content (AvgIpc) is 3.48. The van der Waals surface area contributed by atoms with Crippen LogP contribution >= 0.6 is 11.3 Å². The number of methoxy groups -OCH3 is 1. The van der Waals surface area contributed by atoms with Gasteiger partial charge in [0.15, 0.2) is 5.13 Å². The van der Waals surface area contributed by atoms with Gasteiger partial charge in [-0.15, -0.1) is 11.3 Å². The summed E-state index contributed by atoms with van der Waals surface area (Å²) in [5, 5.41) is 14.5. The number of carboxylic acid groups (broad SMARTS) is 1. The minimum Gasteiger partial charge on any atom is -0.496 e. The SMILES string of the molecule is COc1ccc(C2CCCCC2)cc1-c1csc(NC(=O)N2CCN(CC3CCCN(CCCCC(=O)O)C3)CC2)n1. The lowest BCUT2D eigenvalue weighted by atomic mass is 9.83. The maximum Gasteiger partial charge on any atom is 0.323 e. The highest BCUT2D eigenvalue weighted by molar-refractivity contribution is 7.14. The van der Waals surface area contributed by atoms with Gasteiger partial charge in [-0.2, -0.15) is 0 Å². The van der Waals surface area contributed by atoms with Crippen molar-refractivity contribution in [3.63, 3.8) is 0 Å². The van der Waals surface area contributed by atoms with Gasteiger partial charge in [-0.1, -0.05) is 25.3 Å². The van der Waals surface area contributed by atoms with E-state index in [4.69, 9.17) is 14.8 Å². The smallest absolute Gasteiger partial charge is 0.323 e. The van der Waals surface area contributed by atoms with Gasteiger partial charge in [0.05, 0.1) is 12.8 Å². The molecular weight excluding hydrogens is 550 g/mol. The predicted molar refractivity (Wildman–Crippen MR) is 168 cm³/mol. The Morgan fingerprint density at radius 3 is 2.60 bits per heavy atom. The van der Waals surface area contributed by atoms with Crippen LogP contribution in [0.2, 0.25) is 0 Å². The Balaban J connectivity index is 1.08. The molecular formula is C32H47N5O4S. The molecule has 1 unspecified atom stereocenters. The van der Waals surface area contributed by atoms with Crippen molar-refractivity contribution in [3.8, 4) is 17.0 Å². The lowest BCUT2D eigenvalue weighted by Gasteiger charge is -2.39. The number of anilines is 1. The molecule has 1 atom stereocenters. The molecule has 1 aromatic heterocycles. The monoisotopic (exact) mass is 597 g/mol. The molecule has 2 amide bonds. The third-order valence-electron chi connectivity index (χ3n) is 9.19. The molecule has 2 aliphatic heterocycles. The molecule has 5 rings (SSSR count). The first kappa shape index (κ1) is 30.8. The number of aromatic nitrogens is 1. The zero-order valence-electron chi connectivity index (χ0n) is 25.1. The normalized spacial score (nSPS) is 20.9. The van der Waals surface area contributed by atoms with E-state index in [0.717, 1.165) is 69.1 Å². The summed E-state index contributed by atoms with van der Waals surface area (Å²) >= 11 is 1.46. The van der Waals surface area contributed by atoms with E-state index in [2.05, 4.69) is 33.3 Å². The standard InChI is InChI=1S/C32H47N5O4S/c1-41-29-13-12-26(25-9-3-2-4-10-25)20-27(29)28-23-42-31(33-28)34-32(40)37-18-16-36(17-19-37)22-24-8-7-15-35(21-24)14-6-5-11-30(38)39/h12-13,20,23-25H,2-11,14-19,21-22H2,1H3,(H,38,39)(H,33,34,40). The Morgan fingerprint density at radius 1 is 1.02 bits per heavy atom. The summed E-state index contributed by atoms with van der Waals surface area (Å²) in [6, 6.07) is 6.41. The molecule has 2 saturated heterocycles. The van der Waals surface area contributed by atoms with Crippen LogP contribution in [0.5, 0.6) is 5.75 Å². The van der Waals surface area contributed by atoms with Crippen LogP contribution in [0.15, 0.2) is 23.6 Å². The van der Waals surface area contributed by atoms with E-state index in [1.54, 1.807) is 7.11 Å². The van der Waals surface area contributed by atoms with Crippen LogP contribution in [0.1, 0.15) is 75.7 Å². The number of carboxylic acids is 1. The largest absolute Gasteiger partial charge is 0.496 e. The molecule has 230 valence electrons. The average molecular weight is 598 g/mol. The van der Waals surface area contributed by atoms with Crippen molar-refractivity contribution < 1.29 is 19.4 Å². The van der Waals surface area contributed by atoms with Crippen molar-refractivity contribution in [3.05, 3.63) is 29.1 Å². The zero-order valence-corrected chi connectivity index (χ0v) is 25.9. The van der Waals surface area contributed by atoms with E-state index >= 15 is 0 Å². The number of piperazine rings is 1. The van der Waals surface area contributed by atoms with Crippen LogP contribution in [0.3, 0.4) is 0 Å². The van der Waals surface area contributed by atoms with Crippen LogP contribution in [-0.2, 0) is 4.79 Å². The molecule has 10 heteroatoms. The van der Waals surface area contributed by atoms with Crippen LogP contribution in [0.4, 0.5) is 9.93 Å². The van der Waals surface area contributed by atoms with Gasteiger partial charge in [-0.25, -0.2) is 9.78 Å². The number of amides is 2. The number of thiazole rings is 1. The molecule has 2 aromatic rings. The molecule has 9 nitrogen and oxygen atoms in total. The molecule has 1 aromatic carbocycles. The van der Waals surface area contributed by atoms with E-state index in [9.17, 15) is 9.59 Å². The first-order valence-corrected chi connectivity index (χ1v) is 16.7. The third kappa shape index (κ3) is 8.45. The van der Waals surface area contributed by atoms with Gasteiger partial charge >= 0.3 is 12.0 Å². The Hall–Kier alpha value is -2.69. The van der Waals surface area contributed by atoms with Crippen LogP contribution in [-0.4, -0.2) is 96.3 Å². The molecule has 1 saturated carbocycles. The fourth-order valence-corrected chi connectivity index (χ4v) is 7.55. The Morgan fingerprint density at radius 2 is 1.83 bits per heavy atom. The molecule has 3 fully saturated rings.